The van der Waals surface area contributed by atoms with Crippen LogP contribution >= 0.6 is 0 Å². The van der Waals surface area contributed by atoms with Gasteiger partial charge in [0.05, 0.1) is 18.1 Å². The van der Waals surface area contributed by atoms with Gasteiger partial charge in [0, 0.05) is 52.1 Å². The van der Waals surface area contributed by atoms with Gasteiger partial charge in [0.2, 0.25) is 10.0 Å². The van der Waals surface area contributed by atoms with Gasteiger partial charge in [-0.3, -0.25) is 9.58 Å². The summed E-state index contributed by atoms with van der Waals surface area (Å²) in [5, 5.41) is 4.17. The van der Waals surface area contributed by atoms with Gasteiger partial charge in [-0.05, 0) is 19.9 Å². The highest BCUT2D eigenvalue weighted by Gasteiger charge is 2.26. The van der Waals surface area contributed by atoms with Crippen molar-refractivity contribution in [2.45, 2.75) is 26.0 Å². The van der Waals surface area contributed by atoms with Crippen LogP contribution in [0, 0.1) is 0 Å². The topological polar surface area (TPSA) is 67.7 Å². The molecular formula is C14H26N4O3S. The van der Waals surface area contributed by atoms with Crippen LogP contribution < -0.4 is 0 Å². The number of hydrogen-bond donors (Lipinski definition) is 0. The molecule has 0 N–H and O–H groups in total. The van der Waals surface area contributed by atoms with Crippen LogP contribution in [0.2, 0.25) is 0 Å². The first-order valence-corrected chi connectivity index (χ1v) is 9.22. The molecule has 7 nitrogen and oxygen atoms in total. The number of sulfonamides is 1. The molecule has 126 valence electrons. The van der Waals surface area contributed by atoms with E-state index in [2.05, 4.69) is 10.00 Å². The van der Waals surface area contributed by atoms with Gasteiger partial charge in [0.1, 0.15) is 0 Å². The molecule has 1 unspecified atom stereocenters. The second-order valence-corrected chi connectivity index (χ2v) is 7.89. The largest absolute Gasteiger partial charge is 0.381 e. The molecule has 0 radical (unpaired) electrons. The highest BCUT2D eigenvalue weighted by atomic mass is 32.2. The van der Waals surface area contributed by atoms with E-state index < -0.39 is 10.0 Å². The zero-order valence-corrected chi connectivity index (χ0v) is 14.4. The van der Waals surface area contributed by atoms with E-state index in [1.807, 2.05) is 19.4 Å². The summed E-state index contributed by atoms with van der Waals surface area (Å²) >= 11 is 0. The van der Waals surface area contributed by atoms with E-state index in [0.717, 1.165) is 31.6 Å². The Balaban J connectivity index is 1.91. The lowest BCUT2D eigenvalue weighted by Crippen LogP contribution is -2.39. The molecule has 1 aliphatic rings. The van der Waals surface area contributed by atoms with Gasteiger partial charge in [0.25, 0.3) is 0 Å². The highest BCUT2D eigenvalue weighted by molar-refractivity contribution is 7.89. The second-order valence-electron chi connectivity index (χ2n) is 5.88. The van der Waals surface area contributed by atoms with E-state index in [0.29, 0.717) is 13.1 Å². The molecule has 0 saturated carbocycles. The molecule has 8 heteroatoms. The average molecular weight is 330 g/mol. The lowest BCUT2D eigenvalue weighted by atomic mass is 10.3. The first kappa shape index (κ1) is 17.4. The number of rotatable bonds is 6. The van der Waals surface area contributed by atoms with Crippen molar-refractivity contribution in [3.05, 3.63) is 18.0 Å². The molecule has 0 aromatic carbocycles. The smallest absolute Gasteiger partial charge is 0.216 e. The minimum absolute atomic E-state index is 0.0477. The Morgan fingerprint density at radius 3 is 2.73 bits per heavy atom. The van der Waals surface area contributed by atoms with Crippen molar-refractivity contribution in [3.63, 3.8) is 0 Å². The summed E-state index contributed by atoms with van der Waals surface area (Å²) in [7, 11) is 0.195. The summed E-state index contributed by atoms with van der Waals surface area (Å²) in [6.07, 6.45) is 4.43. The molecule has 2 heterocycles. The summed E-state index contributed by atoms with van der Waals surface area (Å²) in [6, 6.07) is 0. The standard InChI is InChI=1S/C14H26N4O3S/c1-13(21-3)12-22(19,20)18-6-4-5-17(7-8-18)11-14-9-15-16(2)10-14/h9-10,13H,4-8,11-12H2,1-3H3. The summed E-state index contributed by atoms with van der Waals surface area (Å²) < 4.78 is 33.3. The Morgan fingerprint density at radius 1 is 1.32 bits per heavy atom. The molecule has 1 fully saturated rings. The average Bonchev–Trinajstić information content (AvgIpc) is 2.72. The first-order chi connectivity index (χ1) is 10.4. The molecular weight excluding hydrogens is 304 g/mol. The molecule has 0 aliphatic carbocycles. The maximum Gasteiger partial charge on any atom is 0.216 e. The van der Waals surface area contributed by atoms with Crippen molar-refractivity contribution in [1.82, 2.24) is 19.0 Å². The van der Waals surface area contributed by atoms with Crippen LogP contribution in [-0.2, 0) is 28.4 Å². The van der Waals surface area contributed by atoms with Gasteiger partial charge in [-0.1, -0.05) is 0 Å². The van der Waals surface area contributed by atoms with E-state index in [4.69, 9.17) is 4.74 Å². The lowest BCUT2D eigenvalue weighted by Gasteiger charge is -2.22. The highest BCUT2D eigenvalue weighted by Crippen LogP contribution is 2.12. The molecule has 0 spiro atoms. The van der Waals surface area contributed by atoms with E-state index in [9.17, 15) is 8.42 Å². The number of ether oxygens (including phenoxy) is 1. The van der Waals surface area contributed by atoms with Gasteiger partial charge in [0.15, 0.2) is 0 Å². The minimum atomic E-state index is -3.24. The quantitative estimate of drug-likeness (QED) is 0.750. The fourth-order valence-corrected chi connectivity index (χ4v) is 4.37. The molecule has 0 bridgehead atoms. The lowest BCUT2D eigenvalue weighted by molar-refractivity contribution is 0.135. The fraction of sp³-hybridized carbons (Fsp3) is 0.786. The van der Waals surface area contributed by atoms with Gasteiger partial charge >= 0.3 is 0 Å². The van der Waals surface area contributed by atoms with Crippen molar-refractivity contribution >= 4 is 10.0 Å². The van der Waals surface area contributed by atoms with Gasteiger partial charge in [-0.2, -0.15) is 5.10 Å². The number of aromatic nitrogens is 2. The third-order valence-corrected chi connectivity index (χ3v) is 6.00. The van der Waals surface area contributed by atoms with Crippen LogP contribution in [0.1, 0.15) is 18.9 Å². The van der Waals surface area contributed by atoms with Crippen molar-refractivity contribution < 1.29 is 13.2 Å². The first-order valence-electron chi connectivity index (χ1n) is 7.61. The van der Waals surface area contributed by atoms with Crippen LogP contribution in [0.3, 0.4) is 0 Å². The summed E-state index contributed by atoms with van der Waals surface area (Å²) in [5.74, 6) is 0.0477. The second kappa shape index (κ2) is 7.54. The predicted octanol–water partition coefficient (Wildman–Crippen LogP) is 0.293. The van der Waals surface area contributed by atoms with Crippen molar-refractivity contribution in [3.8, 4) is 0 Å². The third-order valence-electron chi connectivity index (χ3n) is 3.95. The zero-order chi connectivity index (χ0) is 16.2. The fourth-order valence-electron chi connectivity index (χ4n) is 2.67. The molecule has 1 saturated heterocycles. The van der Waals surface area contributed by atoms with E-state index >= 15 is 0 Å². The van der Waals surface area contributed by atoms with E-state index in [-0.39, 0.29) is 11.9 Å². The number of hydrogen-bond acceptors (Lipinski definition) is 5. The SMILES string of the molecule is COC(C)CS(=O)(=O)N1CCCN(Cc2cnn(C)c2)CC1. The Labute approximate surface area is 132 Å². The van der Waals surface area contributed by atoms with Crippen molar-refractivity contribution in [2.24, 2.45) is 7.05 Å². The Morgan fingerprint density at radius 2 is 2.09 bits per heavy atom. The maximum absolute atomic E-state index is 12.4. The summed E-state index contributed by atoms with van der Waals surface area (Å²) in [6.45, 7) is 5.37. The third kappa shape index (κ3) is 4.77. The number of nitrogens with zero attached hydrogens (tertiary/aromatic N) is 4. The monoisotopic (exact) mass is 330 g/mol. The molecule has 1 atom stereocenters. The number of methoxy groups -OCH3 is 1. The van der Waals surface area contributed by atoms with E-state index in [1.165, 1.54) is 7.11 Å². The van der Waals surface area contributed by atoms with Crippen LogP contribution in [-0.4, -0.2) is 72.5 Å². The van der Waals surface area contributed by atoms with Crippen LogP contribution in [0.4, 0.5) is 0 Å². The normalized spacial score (nSPS) is 20.0. The molecule has 1 aromatic rings. The van der Waals surface area contributed by atoms with Crippen molar-refractivity contribution in [2.75, 3.05) is 39.0 Å². The molecule has 0 amide bonds. The predicted molar refractivity (Wildman–Crippen MR) is 84.9 cm³/mol. The number of aryl methyl sites for hydroxylation is 1. The van der Waals surface area contributed by atoms with Crippen LogP contribution in [0.5, 0.6) is 0 Å². The Kier molecular flexibility index (Phi) is 5.96. The Hall–Kier alpha value is -0.960. The minimum Gasteiger partial charge on any atom is -0.381 e. The van der Waals surface area contributed by atoms with Crippen LogP contribution in [0.25, 0.3) is 0 Å². The van der Waals surface area contributed by atoms with Crippen molar-refractivity contribution in [1.29, 1.82) is 0 Å². The van der Waals surface area contributed by atoms with Gasteiger partial charge in [-0.25, -0.2) is 12.7 Å². The summed E-state index contributed by atoms with van der Waals surface area (Å²) in [4.78, 5) is 2.28. The molecule has 1 aliphatic heterocycles. The summed E-state index contributed by atoms with van der Waals surface area (Å²) in [5.41, 5.74) is 1.16. The Bertz CT molecular complexity index is 572. The van der Waals surface area contributed by atoms with Gasteiger partial charge in [-0.15, -0.1) is 0 Å². The maximum atomic E-state index is 12.4. The molecule has 1 aromatic heterocycles. The van der Waals surface area contributed by atoms with Crippen LogP contribution in [0.15, 0.2) is 12.4 Å². The van der Waals surface area contributed by atoms with Gasteiger partial charge < -0.3 is 4.74 Å². The zero-order valence-electron chi connectivity index (χ0n) is 13.6. The molecule has 2 rings (SSSR count). The molecule has 22 heavy (non-hydrogen) atoms. The van der Waals surface area contributed by atoms with E-state index in [1.54, 1.807) is 15.9 Å².